The van der Waals surface area contributed by atoms with Gasteiger partial charge >= 0.3 is 0 Å². The lowest BCUT2D eigenvalue weighted by atomic mass is 9.97. The molecule has 4 heteroatoms. The number of ether oxygens (including phenoxy) is 1. The molecule has 2 N–H and O–H groups in total. The SMILES string of the molecule is CCOC(CCNC(=O)CC1(O)CCCC1)C(C)C. The van der Waals surface area contributed by atoms with Gasteiger partial charge in [0.25, 0.3) is 0 Å². The van der Waals surface area contributed by atoms with Crippen molar-refractivity contribution < 1.29 is 14.6 Å². The molecular weight excluding hydrogens is 242 g/mol. The molecule has 0 aromatic rings. The largest absolute Gasteiger partial charge is 0.389 e. The van der Waals surface area contributed by atoms with Gasteiger partial charge in [0.15, 0.2) is 0 Å². The topological polar surface area (TPSA) is 58.6 Å². The molecule has 0 radical (unpaired) electrons. The number of amides is 1. The highest BCUT2D eigenvalue weighted by Crippen LogP contribution is 2.32. The summed E-state index contributed by atoms with van der Waals surface area (Å²) in [5.74, 6) is 0.416. The number of carbonyl (C=O) groups is 1. The first-order valence-electron chi connectivity index (χ1n) is 7.57. The third-order valence-corrected chi connectivity index (χ3v) is 3.90. The molecule has 0 saturated heterocycles. The molecule has 1 rings (SSSR count). The Morgan fingerprint density at radius 3 is 2.53 bits per heavy atom. The maximum atomic E-state index is 11.8. The molecule has 1 saturated carbocycles. The number of aliphatic hydroxyl groups is 1. The maximum Gasteiger partial charge on any atom is 0.222 e. The average molecular weight is 271 g/mol. The fraction of sp³-hybridized carbons (Fsp3) is 0.933. The monoisotopic (exact) mass is 271 g/mol. The Labute approximate surface area is 116 Å². The molecule has 1 unspecified atom stereocenters. The van der Waals surface area contributed by atoms with E-state index in [1.165, 1.54) is 0 Å². The second kappa shape index (κ2) is 7.85. The van der Waals surface area contributed by atoms with Crippen LogP contribution in [0.4, 0.5) is 0 Å². The maximum absolute atomic E-state index is 11.8. The van der Waals surface area contributed by atoms with Crippen LogP contribution in [0.2, 0.25) is 0 Å². The molecule has 0 aromatic heterocycles. The van der Waals surface area contributed by atoms with Crippen molar-refractivity contribution in [2.24, 2.45) is 5.92 Å². The van der Waals surface area contributed by atoms with Gasteiger partial charge in [-0.1, -0.05) is 26.7 Å². The van der Waals surface area contributed by atoms with Crippen LogP contribution in [0.1, 0.15) is 59.3 Å². The summed E-state index contributed by atoms with van der Waals surface area (Å²) >= 11 is 0. The van der Waals surface area contributed by atoms with Crippen LogP contribution in [-0.4, -0.2) is 35.9 Å². The molecule has 0 aliphatic heterocycles. The van der Waals surface area contributed by atoms with Crippen molar-refractivity contribution in [2.45, 2.75) is 71.0 Å². The Morgan fingerprint density at radius 1 is 1.37 bits per heavy atom. The summed E-state index contributed by atoms with van der Waals surface area (Å²) in [6.07, 6.45) is 4.85. The fourth-order valence-corrected chi connectivity index (χ4v) is 2.75. The van der Waals surface area contributed by atoms with Crippen molar-refractivity contribution in [3.05, 3.63) is 0 Å². The molecule has 1 amide bonds. The molecule has 1 aliphatic rings. The zero-order valence-electron chi connectivity index (χ0n) is 12.6. The van der Waals surface area contributed by atoms with E-state index in [0.29, 0.717) is 19.1 Å². The second-order valence-electron chi connectivity index (χ2n) is 5.98. The third kappa shape index (κ3) is 5.91. The van der Waals surface area contributed by atoms with Gasteiger partial charge in [-0.15, -0.1) is 0 Å². The van der Waals surface area contributed by atoms with E-state index in [0.717, 1.165) is 32.1 Å². The molecule has 19 heavy (non-hydrogen) atoms. The Hall–Kier alpha value is -0.610. The van der Waals surface area contributed by atoms with Crippen LogP contribution in [0.5, 0.6) is 0 Å². The molecule has 4 nitrogen and oxygen atoms in total. The summed E-state index contributed by atoms with van der Waals surface area (Å²) in [5.41, 5.74) is -0.749. The summed E-state index contributed by atoms with van der Waals surface area (Å²) in [6, 6.07) is 0. The lowest BCUT2D eigenvalue weighted by Crippen LogP contribution is -2.36. The minimum absolute atomic E-state index is 0.0385. The van der Waals surface area contributed by atoms with E-state index in [-0.39, 0.29) is 18.4 Å². The molecule has 0 aromatic carbocycles. The summed E-state index contributed by atoms with van der Waals surface area (Å²) in [4.78, 5) is 11.8. The molecular formula is C15H29NO3. The highest BCUT2D eigenvalue weighted by Gasteiger charge is 2.33. The van der Waals surface area contributed by atoms with Gasteiger partial charge in [-0.2, -0.15) is 0 Å². The highest BCUT2D eigenvalue weighted by atomic mass is 16.5. The van der Waals surface area contributed by atoms with Crippen molar-refractivity contribution in [1.29, 1.82) is 0 Å². The van der Waals surface area contributed by atoms with Crippen LogP contribution >= 0.6 is 0 Å². The molecule has 1 aliphatic carbocycles. The molecule has 112 valence electrons. The lowest BCUT2D eigenvalue weighted by molar-refractivity contribution is -0.126. The van der Waals surface area contributed by atoms with E-state index >= 15 is 0 Å². The van der Waals surface area contributed by atoms with E-state index in [1.807, 2.05) is 6.92 Å². The standard InChI is InChI=1S/C15H29NO3/c1-4-19-13(12(2)3)7-10-16-14(17)11-15(18)8-5-6-9-15/h12-13,18H,4-11H2,1-3H3,(H,16,17). The normalized spacial score (nSPS) is 19.6. The summed E-state index contributed by atoms with van der Waals surface area (Å²) < 4.78 is 5.64. The van der Waals surface area contributed by atoms with E-state index in [9.17, 15) is 9.90 Å². The van der Waals surface area contributed by atoms with Crippen LogP contribution in [0, 0.1) is 5.92 Å². The molecule has 1 atom stereocenters. The Bertz CT molecular complexity index is 273. The Kier molecular flexibility index (Phi) is 6.80. The van der Waals surface area contributed by atoms with Gasteiger partial charge in [-0.25, -0.2) is 0 Å². The third-order valence-electron chi connectivity index (χ3n) is 3.90. The van der Waals surface area contributed by atoms with Gasteiger partial charge < -0.3 is 15.2 Å². The number of hydrogen-bond acceptors (Lipinski definition) is 3. The predicted molar refractivity (Wildman–Crippen MR) is 75.9 cm³/mol. The van der Waals surface area contributed by atoms with Gasteiger partial charge in [-0.3, -0.25) is 4.79 Å². The van der Waals surface area contributed by atoms with Crippen molar-refractivity contribution in [2.75, 3.05) is 13.2 Å². The predicted octanol–water partition coefficient (Wildman–Crippen LogP) is 2.25. The summed E-state index contributed by atoms with van der Waals surface area (Å²) in [6.45, 7) is 7.57. The number of rotatable bonds is 8. The highest BCUT2D eigenvalue weighted by molar-refractivity contribution is 5.77. The van der Waals surface area contributed by atoms with E-state index in [4.69, 9.17) is 4.74 Å². The van der Waals surface area contributed by atoms with Crippen molar-refractivity contribution in [1.82, 2.24) is 5.32 Å². The van der Waals surface area contributed by atoms with Crippen LogP contribution in [0.15, 0.2) is 0 Å². The summed E-state index contributed by atoms with van der Waals surface area (Å²) in [7, 11) is 0. The quantitative estimate of drug-likeness (QED) is 0.712. The first-order valence-corrected chi connectivity index (χ1v) is 7.57. The summed E-state index contributed by atoms with van der Waals surface area (Å²) in [5, 5.41) is 13.1. The minimum Gasteiger partial charge on any atom is -0.389 e. The minimum atomic E-state index is -0.749. The number of nitrogens with one attached hydrogen (secondary N) is 1. The fourth-order valence-electron chi connectivity index (χ4n) is 2.75. The van der Waals surface area contributed by atoms with Crippen LogP contribution in [0.25, 0.3) is 0 Å². The van der Waals surface area contributed by atoms with Gasteiger partial charge in [-0.05, 0) is 32.1 Å². The average Bonchev–Trinajstić information content (AvgIpc) is 2.74. The zero-order chi connectivity index (χ0) is 14.3. The molecule has 1 fully saturated rings. The van der Waals surface area contributed by atoms with Gasteiger partial charge in [0.05, 0.1) is 18.1 Å². The van der Waals surface area contributed by atoms with Gasteiger partial charge in [0.2, 0.25) is 5.91 Å². The van der Waals surface area contributed by atoms with Gasteiger partial charge in [0, 0.05) is 13.2 Å². The Balaban J connectivity index is 2.22. The first kappa shape index (κ1) is 16.4. The van der Waals surface area contributed by atoms with Crippen LogP contribution < -0.4 is 5.32 Å². The lowest BCUT2D eigenvalue weighted by Gasteiger charge is -2.23. The second-order valence-corrected chi connectivity index (χ2v) is 5.98. The van der Waals surface area contributed by atoms with E-state index < -0.39 is 5.60 Å². The zero-order valence-corrected chi connectivity index (χ0v) is 12.6. The van der Waals surface area contributed by atoms with Crippen LogP contribution in [0.3, 0.4) is 0 Å². The number of carbonyl (C=O) groups excluding carboxylic acids is 1. The molecule has 0 bridgehead atoms. The van der Waals surface area contributed by atoms with Crippen molar-refractivity contribution in [3.8, 4) is 0 Å². The van der Waals surface area contributed by atoms with Crippen molar-refractivity contribution >= 4 is 5.91 Å². The van der Waals surface area contributed by atoms with E-state index in [1.54, 1.807) is 0 Å². The van der Waals surface area contributed by atoms with E-state index in [2.05, 4.69) is 19.2 Å². The van der Waals surface area contributed by atoms with Gasteiger partial charge in [0.1, 0.15) is 0 Å². The molecule has 0 spiro atoms. The number of hydrogen-bond donors (Lipinski definition) is 2. The van der Waals surface area contributed by atoms with Crippen molar-refractivity contribution in [3.63, 3.8) is 0 Å². The first-order chi connectivity index (χ1) is 8.97. The smallest absolute Gasteiger partial charge is 0.222 e. The Morgan fingerprint density at radius 2 is 2.00 bits per heavy atom. The molecule has 0 heterocycles. The van der Waals surface area contributed by atoms with Crippen LogP contribution in [-0.2, 0) is 9.53 Å².